The van der Waals surface area contributed by atoms with E-state index in [4.69, 9.17) is 0 Å². The minimum absolute atomic E-state index is 0.748. The Hall–Kier alpha value is -2.38. The Bertz CT molecular complexity index is 935. The second-order valence-corrected chi connectivity index (χ2v) is 7.41. The van der Waals surface area contributed by atoms with Crippen LogP contribution in [0.2, 0.25) is 0 Å². The molecule has 0 spiro atoms. The molecule has 24 heavy (non-hydrogen) atoms. The van der Waals surface area contributed by atoms with Gasteiger partial charge in [-0.25, -0.2) is 9.50 Å². The van der Waals surface area contributed by atoms with Gasteiger partial charge in [0.15, 0.2) is 0 Å². The van der Waals surface area contributed by atoms with Crippen LogP contribution in [0.5, 0.6) is 0 Å². The predicted molar refractivity (Wildman–Crippen MR) is 102 cm³/mol. The van der Waals surface area contributed by atoms with Crippen LogP contribution in [0.1, 0.15) is 5.56 Å². The molecule has 5 nitrogen and oxygen atoms in total. The first-order chi connectivity index (χ1) is 11.7. The van der Waals surface area contributed by atoms with Gasteiger partial charge in [0.1, 0.15) is 0 Å². The second kappa shape index (κ2) is 6.26. The highest BCUT2D eigenvalue weighted by Crippen LogP contribution is 2.27. The van der Waals surface area contributed by atoms with Gasteiger partial charge in [-0.05, 0) is 29.1 Å². The van der Waals surface area contributed by atoms with Gasteiger partial charge >= 0.3 is 0 Å². The maximum Gasteiger partial charge on any atom is 0.214 e. The molecule has 1 aromatic carbocycles. The second-order valence-electron chi connectivity index (χ2n) is 5.67. The van der Waals surface area contributed by atoms with Crippen molar-refractivity contribution in [1.82, 2.24) is 14.6 Å². The van der Waals surface area contributed by atoms with Gasteiger partial charge in [0.2, 0.25) is 10.1 Å². The lowest BCUT2D eigenvalue weighted by Gasteiger charge is -2.12. The molecule has 1 N–H and O–H groups in total. The predicted octanol–water partition coefficient (Wildman–Crippen LogP) is 4.20. The van der Waals surface area contributed by atoms with Crippen molar-refractivity contribution in [2.75, 3.05) is 24.3 Å². The van der Waals surface area contributed by atoms with Crippen molar-refractivity contribution in [3.63, 3.8) is 0 Å². The van der Waals surface area contributed by atoms with Crippen LogP contribution in [-0.4, -0.2) is 28.7 Å². The van der Waals surface area contributed by atoms with Crippen molar-refractivity contribution in [2.24, 2.45) is 0 Å². The SMILES string of the molecule is CN(C)c1ccc(CNc2nn3c(-c4ccsc4)cnc3s2)cc1. The molecule has 0 atom stereocenters. The van der Waals surface area contributed by atoms with Crippen LogP contribution in [0.25, 0.3) is 16.2 Å². The molecule has 0 aliphatic carbocycles. The van der Waals surface area contributed by atoms with Gasteiger partial charge in [-0.15, -0.1) is 5.10 Å². The lowest BCUT2D eigenvalue weighted by atomic mass is 10.2. The summed E-state index contributed by atoms with van der Waals surface area (Å²) in [5.41, 5.74) is 4.62. The van der Waals surface area contributed by atoms with E-state index >= 15 is 0 Å². The molecule has 0 radical (unpaired) electrons. The summed E-state index contributed by atoms with van der Waals surface area (Å²) >= 11 is 3.25. The maximum atomic E-state index is 4.65. The Balaban J connectivity index is 1.51. The minimum atomic E-state index is 0.748. The number of aromatic nitrogens is 3. The molecule has 0 saturated heterocycles. The third-order valence-corrected chi connectivity index (χ3v) is 5.36. The standard InChI is InChI=1S/C17H17N5S2/c1-21(2)14-5-3-12(4-6-14)9-18-16-20-22-15(10-19-17(22)24-16)13-7-8-23-11-13/h3-8,10-11H,9H2,1-2H3,(H,18,20). The zero-order chi connectivity index (χ0) is 16.5. The number of nitrogens with one attached hydrogen (secondary N) is 1. The van der Waals surface area contributed by atoms with Gasteiger partial charge in [-0.3, -0.25) is 0 Å². The molecule has 0 aliphatic heterocycles. The fraction of sp³-hybridized carbons (Fsp3) is 0.176. The van der Waals surface area contributed by atoms with Crippen LogP contribution in [0.4, 0.5) is 10.8 Å². The smallest absolute Gasteiger partial charge is 0.214 e. The molecular formula is C17H17N5S2. The molecule has 0 amide bonds. The van der Waals surface area contributed by atoms with Crippen LogP contribution in [0.15, 0.2) is 47.3 Å². The van der Waals surface area contributed by atoms with Crippen molar-refractivity contribution in [3.8, 4) is 11.3 Å². The van der Waals surface area contributed by atoms with Gasteiger partial charge in [0.05, 0.1) is 11.9 Å². The number of anilines is 2. The van der Waals surface area contributed by atoms with E-state index < -0.39 is 0 Å². The molecule has 7 heteroatoms. The first-order valence-corrected chi connectivity index (χ1v) is 9.34. The van der Waals surface area contributed by atoms with Crippen LogP contribution in [0, 0.1) is 0 Å². The molecule has 4 aromatic rings. The lowest BCUT2D eigenvalue weighted by Crippen LogP contribution is -2.08. The zero-order valence-corrected chi connectivity index (χ0v) is 15.1. The first kappa shape index (κ1) is 15.2. The van der Waals surface area contributed by atoms with E-state index in [-0.39, 0.29) is 0 Å². The topological polar surface area (TPSA) is 45.5 Å². The van der Waals surface area contributed by atoms with Gasteiger partial charge < -0.3 is 10.2 Å². The van der Waals surface area contributed by atoms with E-state index in [0.29, 0.717) is 0 Å². The maximum absolute atomic E-state index is 4.65. The number of rotatable bonds is 5. The van der Waals surface area contributed by atoms with Crippen molar-refractivity contribution in [3.05, 3.63) is 52.9 Å². The summed E-state index contributed by atoms with van der Waals surface area (Å²) in [7, 11) is 4.09. The summed E-state index contributed by atoms with van der Waals surface area (Å²) in [6, 6.07) is 10.6. The Labute approximate surface area is 148 Å². The Morgan fingerprint density at radius 1 is 1.17 bits per heavy atom. The Morgan fingerprint density at radius 2 is 2.00 bits per heavy atom. The van der Waals surface area contributed by atoms with E-state index in [1.807, 2.05) is 24.8 Å². The summed E-state index contributed by atoms with van der Waals surface area (Å²) in [6.07, 6.45) is 1.88. The fourth-order valence-corrected chi connectivity index (χ4v) is 3.88. The summed E-state index contributed by atoms with van der Waals surface area (Å²) < 4.78 is 1.91. The molecule has 0 saturated carbocycles. The molecule has 0 unspecified atom stereocenters. The number of hydrogen-bond acceptors (Lipinski definition) is 6. The number of nitrogens with zero attached hydrogens (tertiary/aromatic N) is 4. The Morgan fingerprint density at radius 3 is 2.71 bits per heavy atom. The highest BCUT2D eigenvalue weighted by atomic mass is 32.1. The van der Waals surface area contributed by atoms with Crippen LogP contribution in [0.3, 0.4) is 0 Å². The molecule has 0 bridgehead atoms. The third kappa shape index (κ3) is 2.88. The highest BCUT2D eigenvalue weighted by Gasteiger charge is 2.11. The average Bonchev–Trinajstić information content (AvgIpc) is 3.29. The molecule has 0 fully saturated rings. The summed E-state index contributed by atoms with van der Waals surface area (Å²) in [5, 5.41) is 13.1. The lowest BCUT2D eigenvalue weighted by molar-refractivity contribution is 0.968. The van der Waals surface area contributed by atoms with Crippen molar-refractivity contribution < 1.29 is 0 Å². The fourth-order valence-electron chi connectivity index (χ4n) is 2.46. The van der Waals surface area contributed by atoms with Crippen molar-refractivity contribution >= 4 is 38.5 Å². The van der Waals surface area contributed by atoms with E-state index in [9.17, 15) is 0 Å². The molecule has 3 heterocycles. The molecule has 4 rings (SSSR count). The molecule has 122 valence electrons. The average molecular weight is 355 g/mol. The Kier molecular flexibility index (Phi) is 3.95. The molecular weight excluding hydrogens is 338 g/mol. The van der Waals surface area contributed by atoms with E-state index in [1.54, 1.807) is 22.7 Å². The van der Waals surface area contributed by atoms with E-state index in [1.165, 1.54) is 11.3 Å². The van der Waals surface area contributed by atoms with Crippen molar-refractivity contribution in [1.29, 1.82) is 0 Å². The zero-order valence-electron chi connectivity index (χ0n) is 13.4. The number of benzene rings is 1. The number of fused-ring (bicyclic) bond motifs is 1. The quantitative estimate of drug-likeness (QED) is 0.583. The van der Waals surface area contributed by atoms with E-state index in [0.717, 1.165) is 27.9 Å². The summed E-state index contributed by atoms with van der Waals surface area (Å²) in [4.78, 5) is 7.46. The number of hydrogen-bond donors (Lipinski definition) is 1. The molecule has 3 aromatic heterocycles. The van der Waals surface area contributed by atoms with Crippen molar-refractivity contribution in [2.45, 2.75) is 6.54 Å². The number of imidazole rings is 1. The van der Waals surface area contributed by atoms with Gasteiger partial charge in [0, 0.05) is 37.3 Å². The minimum Gasteiger partial charge on any atom is -0.378 e. The van der Waals surface area contributed by atoms with Gasteiger partial charge in [-0.1, -0.05) is 23.5 Å². The van der Waals surface area contributed by atoms with E-state index in [2.05, 4.69) is 61.4 Å². The van der Waals surface area contributed by atoms with Crippen LogP contribution < -0.4 is 10.2 Å². The monoisotopic (exact) mass is 355 g/mol. The van der Waals surface area contributed by atoms with Crippen LogP contribution in [-0.2, 0) is 6.54 Å². The third-order valence-electron chi connectivity index (χ3n) is 3.80. The highest BCUT2D eigenvalue weighted by molar-refractivity contribution is 7.20. The largest absolute Gasteiger partial charge is 0.378 e. The normalized spacial score (nSPS) is 11.1. The summed E-state index contributed by atoms with van der Waals surface area (Å²) in [6.45, 7) is 0.748. The van der Waals surface area contributed by atoms with Crippen LogP contribution >= 0.6 is 22.7 Å². The number of thiophene rings is 1. The first-order valence-electron chi connectivity index (χ1n) is 7.58. The van der Waals surface area contributed by atoms with Gasteiger partial charge in [0.25, 0.3) is 0 Å². The van der Waals surface area contributed by atoms with Gasteiger partial charge in [-0.2, -0.15) is 11.3 Å². The summed E-state index contributed by atoms with van der Waals surface area (Å²) in [5.74, 6) is 0. The molecule has 0 aliphatic rings.